The van der Waals surface area contributed by atoms with Crippen LogP contribution in [0.4, 0.5) is 0 Å². The van der Waals surface area contributed by atoms with Gasteiger partial charge in [0.25, 0.3) is 0 Å². The van der Waals surface area contributed by atoms with Gasteiger partial charge in [0.2, 0.25) is 17.7 Å². The van der Waals surface area contributed by atoms with Gasteiger partial charge in [0, 0.05) is 53.1 Å². The van der Waals surface area contributed by atoms with E-state index in [-0.39, 0.29) is 68.9 Å². The lowest BCUT2D eigenvalue weighted by atomic mass is 10.2. The minimum atomic E-state index is -0.274. The number of amides is 3. The summed E-state index contributed by atoms with van der Waals surface area (Å²) in [6.45, 7) is 6.08. The summed E-state index contributed by atoms with van der Waals surface area (Å²) in [4.78, 5) is 57.0. The summed E-state index contributed by atoms with van der Waals surface area (Å²) >= 11 is 0. The predicted octanol–water partition coefficient (Wildman–Crippen LogP) is -1.18. The van der Waals surface area contributed by atoms with Crippen molar-refractivity contribution in [1.82, 2.24) is 16.0 Å². The Hall–Kier alpha value is -2.57. The summed E-state index contributed by atoms with van der Waals surface area (Å²) < 4.78 is 42.3. The Balaban J connectivity index is 3.34. The number of hydrogen-bond acceptors (Lipinski definition) is 13. The highest BCUT2D eigenvalue weighted by atomic mass is 16.5. The number of carbonyl (C=O) groups is 5. The van der Waals surface area contributed by atoms with Crippen molar-refractivity contribution in [2.45, 2.75) is 32.6 Å². The molecule has 0 bridgehead atoms. The van der Waals surface area contributed by atoms with Crippen LogP contribution in [-0.4, -0.2) is 155 Å². The van der Waals surface area contributed by atoms with Gasteiger partial charge in [-0.1, -0.05) is 0 Å². The third kappa shape index (κ3) is 34.1. The number of hydrogen-bond donors (Lipinski definition) is 3. The predicted molar refractivity (Wildman–Crippen MR) is 161 cm³/mol. The number of likely N-dealkylation sites (N-methyl/N-ethyl adjacent to an activating group) is 1. The van der Waals surface area contributed by atoms with Gasteiger partial charge in [-0.3, -0.25) is 24.0 Å². The molecule has 45 heavy (non-hydrogen) atoms. The molecule has 3 N–H and O–H groups in total. The fourth-order valence-corrected chi connectivity index (χ4v) is 3.15. The summed E-state index contributed by atoms with van der Waals surface area (Å²) in [5.41, 5.74) is 0. The van der Waals surface area contributed by atoms with Crippen LogP contribution >= 0.6 is 0 Å². The van der Waals surface area contributed by atoms with Gasteiger partial charge < -0.3 is 53.8 Å². The van der Waals surface area contributed by atoms with Crippen LogP contribution in [0.15, 0.2) is 0 Å². The van der Waals surface area contributed by atoms with Crippen molar-refractivity contribution in [3.63, 3.8) is 0 Å². The molecule has 262 valence electrons. The first-order valence-corrected chi connectivity index (χ1v) is 15.2. The Kier molecular flexibility index (Phi) is 30.9. The molecule has 0 heterocycles. The Morgan fingerprint density at radius 3 is 1.27 bits per heavy atom. The first kappa shape index (κ1) is 42.4. The number of ketones is 2. The van der Waals surface area contributed by atoms with Crippen LogP contribution in [0.1, 0.15) is 32.6 Å². The summed E-state index contributed by atoms with van der Waals surface area (Å²) in [5, 5.41) is 7.73. The molecule has 0 aromatic heterocycles. The van der Waals surface area contributed by atoms with E-state index in [1.165, 1.54) is 14.0 Å². The molecule has 0 aliphatic heterocycles. The topological polar surface area (TPSA) is 195 Å². The fraction of sp³-hybridized carbons (Fsp3) is 0.828. The molecule has 0 spiro atoms. The number of nitrogens with one attached hydrogen (secondary N) is 3. The zero-order chi connectivity index (χ0) is 33.2. The average Bonchev–Trinajstić information content (AvgIpc) is 3.01. The van der Waals surface area contributed by atoms with Gasteiger partial charge >= 0.3 is 0 Å². The molecule has 0 saturated carbocycles. The van der Waals surface area contributed by atoms with Gasteiger partial charge in [-0.15, -0.1) is 0 Å². The van der Waals surface area contributed by atoms with E-state index in [9.17, 15) is 24.0 Å². The van der Waals surface area contributed by atoms with Crippen LogP contribution in [0.25, 0.3) is 0 Å². The Bertz CT molecular complexity index is 787. The summed E-state index contributed by atoms with van der Waals surface area (Å²) in [5.74, 6) is -0.629. The third-order valence-electron chi connectivity index (χ3n) is 5.44. The quantitative estimate of drug-likeness (QED) is 0.0704. The van der Waals surface area contributed by atoms with Gasteiger partial charge in [-0.2, -0.15) is 0 Å². The van der Waals surface area contributed by atoms with E-state index in [1.54, 1.807) is 0 Å². The zero-order valence-corrected chi connectivity index (χ0v) is 26.9. The number of Topliss-reactive ketones (excluding diaryl/α,β-unsaturated/α-hetero) is 2. The van der Waals surface area contributed by atoms with Crippen molar-refractivity contribution in [2.24, 2.45) is 0 Å². The second kappa shape index (κ2) is 32.8. The van der Waals surface area contributed by atoms with Crippen LogP contribution in [0.5, 0.6) is 0 Å². The van der Waals surface area contributed by atoms with Gasteiger partial charge in [0.15, 0.2) is 11.6 Å². The van der Waals surface area contributed by atoms with Gasteiger partial charge in [0.05, 0.1) is 66.1 Å². The Morgan fingerprint density at radius 1 is 0.444 bits per heavy atom. The smallest absolute Gasteiger partial charge is 0.246 e. The van der Waals surface area contributed by atoms with E-state index in [2.05, 4.69) is 16.0 Å². The largest absolute Gasteiger partial charge is 0.379 e. The molecule has 0 fully saturated rings. The minimum absolute atomic E-state index is 0.00382. The van der Waals surface area contributed by atoms with Crippen molar-refractivity contribution in [1.29, 1.82) is 0 Å². The molecule has 0 unspecified atom stereocenters. The van der Waals surface area contributed by atoms with Crippen LogP contribution in [0, 0.1) is 0 Å². The highest BCUT2D eigenvalue weighted by molar-refractivity contribution is 5.80. The highest BCUT2D eigenvalue weighted by Gasteiger charge is 2.05. The Morgan fingerprint density at radius 2 is 0.822 bits per heavy atom. The van der Waals surface area contributed by atoms with Crippen molar-refractivity contribution >= 4 is 29.3 Å². The number of ether oxygens (including phenoxy) is 8. The second-order valence-corrected chi connectivity index (χ2v) is 9.45. The molecule has 0 aromatic rings. The van der Waals surface area contributed by atoms with Crippen LogP contribution < -0.4 is 16.0 Å². The van der Waals surface area contributed by atoms with Gasteiger partial charge in [-0.25, -0.2) is 0 Å². The first-order chi connectivity index (χ1) is 21.8. The lowest BCUT2D eigenvalue weighted by Crippen LogP contribution is -2.31. The molecule has 16 heteroatoms. The first-order valence-electron chi connectivity index (χ1n) is 15.2. The lowest BCUT2D eigenvalue weighted by molar-refractivity contribution is -0.127. The van der Waals surface area contributed by atoms with E-state index in [0.717, 1.165) is 0 Å². The molecular formula is C29H53N3O13. The molecule has 0 atom stereocenters. The van der Waals surface area contributed by atoms with Crippen molar-refractivity contribution in [2.75, 3.05) is 126 Å². The van der Waals surface area contributed by atoms with Crippen molar-refractivity contribution in [3.05, 3.63) is 0 Å². The van der Waals surface area contributed by atoms with Gasteiger partial charge in [-0.05, 0) is 12.8 Å². The maximum Gasteiger partial charge on any atom is 0.246 e. The molecule has 0 radical (unpaired) electrons. The average molecular weight is 652 g/mol. The maximum atomic E-state index is 11.8. The van der Waals surface area contributed by atoms with E-state index in [0.29, 0.717) is 105 Å². The number of carbonyl (C=O) groups excluding carboxylic acids is 5. The normalized spacial score (nSPS) is 10.9. The molecule has 3 amide bonds. The standard InChI is InChI=1S/C29H53N3O13/c1-25(33)31-7-11-40-15-17-42-21-26(34)6-4-10-39-14-20-45-24-29(37)32-8-12-41-16-18-43-22-27(35)5-3-9-38-13-19-44-23-28(36)30-2/h3-24H2,1-2H3,(H,30,36)(H,31,33)(H,32,37). The fourth-order valence-electron chi connectivity index (χ4n) is 3.15. The monoisotopic (exact) mass is 651 g/mol. The van der Waals surface area contributed by atoms with Crippen LogP contribution in [-0.2, 0) is 61.9 Å². The van der Waals surface area contributed by atoms with Crippen LogP contribution in [0.2, 0.25) is 0 Å². The minimum Gasteiger partial charge on any atom is -0.379 e. The summed E-state index contributed by atoms with van der Waals surface area (Å²) in [6, 6.07) is 0. The Labute approximate surface area is 265 Å². The van der Waals surface area contributed by atoms with E-state index in [1.807, 2.05) is 0 Å². The number of rotatable bonds is 34. The summed E-state index contributed by atoms with van der Waals surface area (Å²) in [6.07, 6.45) is 1.83. The molecule has 0 aliphatic rings. The lowest BCUT2D eigenvalue weighted by Gasteiger charge is -2.08. The van der Waals surface area contributed by atoms with E-state index >= 15 is 0 Å². The third-order valence-corrected chi connectivity index (χ3v) is 5.44. The van der Waals surface area contributed by atoms with Gasteiger partial charge in [0.1, 0.15) is 26.4 Å². The SMILES string of the molecule is CNC(=O)COCCOCCCC(=O)COCCOCCNC(=O)COCCOCCCC(=O)COCCOCCNC(C)=O. The second-order valence-electron chi connectivity index (χ2n) is 9.45. The molecule has 16 nitrogen and oxygen atoms in total. The van der Waals surface area contributed by atoms with Crippen molar-refractivity contribution < 1.29 is 61.9 Å². The molecule has 0 aromatic carbocycles. The summed E-state index contributed by atoms with van der Waals surface area (Å²) in [7, 11) is 1.54. The van der Waals surface area contributed by atoms with Crippen molar-refractivity contribution in [3.8, 4) is 0 Å². The maximum absolute atomic E-state index is 11.8. The molecular weight excluding hydrogens is 598 g/mol. The van der Waals surface area contributed by atoms with E-state index < -0.39 is 0 Å². The van der Waals surface area contributed by atoms with E-state index in [4.69, 9.17) is 37.9 Å². The molecule has 0 rings (SSSR count). The van der Waals surface area contributed by atoms with Crippen LogP contribution in [0.3, 0.4) is 0 Å². The highest BCUT2D eigenvalue weighted by Crippen LogP contribution is 1.95. The molecule has 0 saturated heterocycles. The molecule has 0 aliphatic carbocycles. The zero-order valence-electron chi connectivity index (χ0n) is 26.9.